The van der Waals surface area contributed by atoms with E-state index in [1.54, 1.807) is 12.1 Å². The summed E-state index contributed by atoms with van der Waals surface area (Å²) in [5.41, 5.74) is 4.81. The summed E-state index contributed by atoms with van der Waals surface area (Å²) in [5, 5.41) is 7.01. The number of carbonyl (C=O) groups is 1. The summed E-state index contributed by atoms with van der Waals surface area (Å²) in [7, 11) is 0. The van der Waals surface area contributed by atoms with Gasteiger partial charge in [-0.25, -0.2) is 4.79 Å². The van der Waals surface area contributed by atoms with Crippen molar-refractivity contribution in [2.24, 2.45) is 0 Å². The maximum atomic E-state index is 12.3. The van der Waals surface area contributed by atoms with E-state index < -0.39 is 22.5 Å². The molecule has 0 radical (unpaired) electrons. The smallest absolute Gasteiger partial charge is 0.349 e. The van der Waals surface area contributed by atoms with E-state index >= 15 is 0 Å². The van der Waals surface area contributed by atoms with Crippen molar-refractivity contribution in [1.29, 1.82) is 0 Å². The van der Waals surface area contributed by atoms with Crippen LogP contribution >= 0.6 is 34.8 Å². The second-order valence-corrected chi connectivity index (χ2v) is 8.43. The largest absolute Gasteiger partial charge is 0.453 e. The van der Waals surface area contributed by atoms with E-state index in [1.165, 1.54) is 12.1 Å². The number of carbonyl (C=O) groups excluding carboxylic acids is 1. The average molecular weight is 481 g/mol. The predicted molar refractivity (Wildman–Crippen MR) is 116 cm³/mol. The van der Waals surface area contributed by atoms with Gasteiger partial charge in [-0.2, -0.15) is 4.68 Å². The van der Waals surface area contributed by atoms with Crippen LogP contribution in [0.4, 0.5) is 11.5 Å². The van der Waals surface area contributed by atoms with Gasteiger partial charge in [0.15, 0.2) is 5.75 Å². The van der Waals surface area contributed by atoms with Gasteiger partial charge in [-0.05, 0) is 37.1 Å². The monoisotopic (exact) mass is 479 g/mol. The fraction of sp³-hybridized carbons (Fsp3) is 0.158. The molecular formula is C19H12Cl3N5O4. The van der Waals surface area contributed by atoms with E-state index in [-0.39, 0.29) is 33.1 Å². The second kappa shape index (κ2) is 6.74. The van der Waals surface area contributed by atoms with Crippen molar-refractivity contribution >= 4 is 52.2 Å². The molecule has 5 rings (SSSR count). The second-order valence-electron chi connectivity index (χ2n) is 7.23. The molecule has 1 aromatic heterocycles. The minimum atomic E-state index is -0.812. The molecular weight excluding hydrogens is 469 g/mol. The fourth-order valence-corrected chi connectivity index (χ4v) is 4.57. The predicted octanol–water partition coefficient (Wildman–Crippen LogP) is 3.24. The molecule has 31 heavy (non-hydrogen) atoms. The SMILES string of the molecule is Nc1nn(-c2cc(Cl)c(Oc3ccc4c(c3Cl)C3(CC3)C(=O)N4)c(Cl)c2)c(=O)[nH]c1=O. The van der Waals surface area contributed by atoms with Crippen LogP contribution in [0, 0.1) is 0 Å². The first-order valence-electron chi connectivity index (χ1n) is 9.02. The van der Waals surface area contributed by atoms with Crippen molar-refractivity contribution in [3.63, 3.8) is 0 Å². The first-order valence-corrected chi connectivity index (χ1v) is 10.2. The molecule has 1 saturated carbocycles. The van der Waals surface area contributed by atoms with Gasteiger partial charge >= 0.3 is 5.69 Å². The van der Waals surface area contributed by atoms with Crippen molar-refractivity contribution in [2.45, 2.75) is 18.3 Å². The minimum absolute atomic E-state index is 0.0628. The lowest BCUT2D eigenvalue weighted by Crippen LogP contribution is -2.33. The number of hydrogen-bond acceptors (Lipinski definition) is 6. The molecule has 1 spiro atoms. The minimum Gasteiger partial charge on any atom is -0.453 e. The van der Waals surface area contributed by atoms with Crippen LogP contribution in [0.3, 0.4) is 0 Å². The number of H-pyrrole nitrogens is 1. The summed E-state index contributed by atoms with van der Waals surface area (Å²) in [6.45, 7) is 0. The van der Waals surface area contributed by atoms with E-state index in [1.807, 2.05) is 4.98 Å². The van der Waals surface area contributed by atoms with E-state index in [0.29, 0.717) is 16.3 Å². The van der Waals surface area contributed by atoms with Crippen molar-refractivity contribution in [3.05, 3.63) is 65.7 Å². The number of nitrogens with two attached hydrogens (primary N) is 1. The third kappa shape index (κ3) is 3.00. The van der Waals surface area contributed by atoms with Crippen LogP contribution in [0.2, 0.25) is 15.1 Å². The van der Waals surface area contributed by atoms with Crippen LogP contribution in [0.15, 0.2) is 33.9 Å². The highest BCUT2D eigenvalue weighted by molar-refractivity contribution is 6.38. The van der Waals surface area contributed by atoms with Gasteiger partial charge in [0.1, 0.15) is 5.75 Å². The third-order valence-corrected chi connectivity index (χ3v) is 6.25. The molecule has 0 atom stereocenters. The summed E-state index contributed by atoms with van der Waals surface area (Å²) < 4.78 is 6.75. The fourth-order valence-electron chi connectivity index (χ4n) is 3.63. The molecule has 158 valence electrons. The Labute approximate surface area is 188 Å². The van der Waals surface area contributed by atoms with Crippen molar-refractivity contribution in [1.82, 2.24) is 14.8 Å². The first-order chi connectivity index (χ1) is 14.7. The van der Waals surface area contributed by atoms with Crippen molar-refractivity contribution in [2.75, 3.05) is 11.1 Å². The number of amides is 1. The van der Waals surface area contributed by atoms with E-state index in [2.05, 4.69) is 10.4 Å². The molecule has 1 aliphatic carbocycles. The van der Waals surface area contributed by atoms with Gasteiger partial charge in [0, 0.05) is 11.3 Å². The number of fused-ring (bicyclic) bond motifs is 2. The van der Waals surface area contributed by atoms with Gasteiger partial charge in [0.2, 0.25) is 11.7 Å². The highest BCUT2D eigenvalue weighted by Crippen LogP contribution is 2.59. The zero-order valence-corrected chi connectivity index (χ0v) is 17.7. The first kappa shape index (κ1) is 19.9. The molecule has 12 heteroatoms. The molecule has 2 aromatic carbocycles. The average Bonchev–Trinajstić information content (AvgIpc) is 3.45. The Morgan fingerprint density at radius 2 is 1.77 bits per heavy atom. The number of ether oxygens (including phenoxy) is 1. The molecule has 0 saturated heterocycles. The van der Waals surface area contributed by atoms with Crippen LogP contribution in [0.1, 0.15) is 18.4 Å². The summed E-state index contributed by atoms with van der Waals surface area (Å²) >= 11 is 19.3. The number of aromatic amines is 1. The molecule has 4 N–H and O–H groups in total. The van der Waals surface area contributed by atoms with Gasteiger partial charge in [-0.1, -0.05) is 34.8 Å². The Balaban J connectivity index is 1.55. The number of nitrogen functional groups attached to an aromatic ring is 1. The molecule has 1 amide bonds. The lowest BCUT2D eigenvalue weighted by Gasteiger charge is -2.15. The molecule has 1 fully saturated rings. The van der Waals surface area contributed by atoms with Crippen LogP contribution in [-0.2, 0) is 10.2 Å². The maximum Gasteiger partial charge on any atom is 0.349 e. The van der Waals surface area contributed by atoms with Gasteiger partial charge in [0.25, 0.3) is 5.56 Å². The highest BCUT2D eigenvalue weighted by atomic mass is 35.5. The zero-order valence-electron chi connectivity index (χ0n) is 15.5. The number of nitrogens with one attached hydrogen (secondary N) is 2. The molecule has 0 bridgehead atoms. The van der Waals surface area contributed by atoms with Crippen LogP contribution in [0.5, 0.6) is 11.5 Å². The van der Waals surface area contributed by atoms with Crippen LogP contribution in [-0.4, -0.2) is 20.7 Å². The normalized spacial score (nSPS) is 15.6. The van der Waals surface area contributed by atoms with Crippen molar-refractivity contribution < 1.29 is 9.53 Å². The molecule has 2 heterocycles. The Morgan fingerprint density at radius 1 is 1.10 bits per heavy atom. The van der Waals surface area contributed by atoms with Crippen LogP contribution < -0.4 is 27.0 Å². The topological polar surface area (TPSA) is 132 Å². The molecule has 3 aromatic rings. The summed E-state index contributed by atoms with van der Waals surface area (Å²) in [6, 6.07) is 6.08. The Kier molecular flexibility index (Phi) is 4.34. The third-order valence-electron chi connectivity index (χ3n) is 5.31. The summed E-state index contributed by atoms with van der Waals surface area (Å²) in [6.07, 6.45) is 1.44. The highest BCUT2D eigenvalue weighted by Gasteiger charge is 2.57. The van der Waals surface area contributed by atoms with E-state index in [4.69, 9.17) is 45.3 Å². The zero-order chi connectivity index (χ0) is 22.1. The van der Waals surface area contributed by atoms with Gasteiger partial charge in [0.05, 0.1) is 26.2 Å². The van der Waals surface area contributed by atoms with Gasteiger partial charge in [-0.15, -0.1) is 5.10 Å². The van der Waals surface area contributed by atoms with Gasteiger partial charge in [-0.3, -0.25) is 14.6 Å². The number of benzene rings is 2. The number of nitrogens with zero attached hydrogens (tertiary/aromatic N) is 2. The number of aromatic nitrogens is 3. The lowest BCUT2D eigenvalue weighted by molar-refractivity contribution is -0.117. The van der Waals surface area contributed by atoms with Gasteiger partial charge < -0.3 is 15.8 Å². The Hall–Kier alpha value is -3.01. The lowest BCUT2D eigenvalue weighted by atomic mass is 9.97. The Morgan fingerprint density at radius 3 is 2.42 bits per heavy atom. The van der Waals surface area contributed by atoms with Crippen LogP contribution in [0.25, 0.3) is 5.69 Å². The quantitative estimate of drug-likeness (QED) is 0.527. The summed E-state index contributed by atoms with van der Waals surface area (Å²) in [4.78, 5) is 37.8. The molecule has 0 unspecified atom stereocenters. The molecule has 2 aliphatic rings. The maximum absolute atomic E-state index is 12.3. The number of halogens is 3. The Bertz CT molecular complexity index is 1390. The number of anilines is 2. The molecule has 9 nitrogen and oxygen atoms in total. The number of hydrogen-bond donors (Lipinski definition) is 3. The molecule has 1 aliphatic heterocycles. The standard InChI is InChI=1S/C19H12Cl3N5O4/c20-8-5-7(27-18(30)25-16(28)15(23)26-27)6-9(21)14(8)31-11-2-1-10-12(13(11)22)19(3-4-19)17(29)24-10/h1-2,5-6H,3-4H2,(H2,23,26)(H,24,29)(H,25,28,30). The van der Waals surface area contributed by atoms with E-state index in [9.17, 15) is 14.4 Å². The number of rotatable bonds is 3. The van der Waals surface area contributed by atoms with E-state index in [0.717, 1.165) is 17.5 Å². The summed E-state index contributed by atoms with van der Waals surface area (Å²) in [5.74, 6) is -0.0841. The van der Waals surface area contributed by atoms with Crippen molar-refractivity contribution in [3.8, 4) is 17.2 Å².